The van der Waals surface area contributed by atoms with Crippen LogP contribution in [0, 0.1) is 3.57 Å². The van der Waals surface area contributed by atoms with Gasteiger partial charge in [-0.15, -0.1) is 0 Å². The first-order valence-corrected chi connectivity index (χ1v) is 12.2. The second-order valence-electron chi connectivity index (χ2n) is 7.59. The molecule has 0 aliphatic heterocycles. The molecule has 0 spiro atoms. The molecule has 178 valence electrons. The SMILES string of the molecule is CCOc1cc(/C=N\NC(=O)c2ccccc2OC)cc(I)c1OCc1cccc2ccccc12. The smallest absolute Gasteiger partial charge is 0.275 e. The molecule has 0 fully saturated rings. The van der Waals surface area contributed by atoms with E-state index in [1.165, 1.54) is 12.5 Å². The Hall–Kier alpha value is -3.59. The molecule has 0 bridgehead atoms. The normalized spacial score (nSPS) is 10.9. The van der Waals surface area contributed by atoms with Crippen molar-refractivity contribution in [3.8, 4) is 17.2 Å². The average Bonchev–Trinajstić information content (AvgIpc) is 2.88. The van der Waals surface area contributed by atoms with Gasteiger partial charge in [-0.25, -0.2) is 5.43 Å². The highest BCUT2D eigenvalue weighted by atomic mass is 127. The number of hydrazone groups is 1. The number of carbonyl (C=O) groups is 1. The topological polar surface area (TPSA) is 69.2 Å². The van der Waals surface area contributed by atoms with Crippen molar-refractivity contribution in [1.29, 1.82) is 0 Å². The molecular weight excluding hydrogens is 555 g/mol. The van der Waals surface area contributed by atoms with Crippen molar-refractivity contribution in [1.82, 2.24) is 5.43 Å². The van der Waals surface area contributed by atoms with Crippen LogP contribution in [0.15, 0.2) is 84.0 Å². The molecule has 0 saturated heterocycles. The first kappa shape index (κ1) is 24.5. The standard InChI is InChI=1S/C28H25IN2O4/c1-3-34-26-16-19(17-30-31-28(32)23-13-6-7-14-25(23)33-2)15-24(29)27(26)35-18-21-11-8-10-20-9-4-5-12-22(20)21/h4-17H,3,18H2,1-2H3,(H,31,32)/b30-17-. The Morgan fingerprint density at radius 1 is 0.971 bits per heavy atom. The molecule has 0 aliphatic rings. The van der Waals surface area contributed by atoms with E-state index in [0.29, 0.717) is 36.0 Å². The number of nitrogens with one attached hydrogen (secondary N) is 1. The van der Waals surface area contributed by atoms with Crippen molar-refractivity contribution < 1.29 is 19.0 Å². The molecule has 35 heavy (non-hydrogen) atoms. The van der Waals surface area contributed by atoms with Crippen LogP contribution in [-0.2, 0) is 6.61 Å². The van der Waals surface area contributed by atoms with E-state index < -0.39 is 0 Å². The molecule has 0 saturated carbocycles. The summed E-state index contributed by atoms with van der Waals surface area (Å²) < 4.78 is 18.2. The van der Waals surface area contributed by atoms with E-state index in [1.807, 2.05) is 37.3 Å². The van der Waals surface area contributed by atoms with Crippen LogP contribution in [0.1, 0.15) is 28.4 Å². The predicted octanol–water partition coefficient (Wildman–Crippen LogP) is 6.19. The number of fused-ring (bicyclic) bond motifs is 1. The summed E-state index contributed by atoms with van der Waals surface area (Å²) in [4.78, 5) is 12.5. The summed E-state index contributed by atoms with van der Waals surface area (Å²) in [7, 11) is 1.52. The number of carbonyl (C=O) groups excluding carboxylic acids is 1. The Kier molecular flexibility index (Phi) is 8.20. The van der Waals surface area contributed by atoms with Gasteiger partial charge in [0.2, 0.25) is 0 Å². The molecule has 6 nitrogen and oxygen atoms in total. The molecule has 0 unspecified atom stereocenters. The molecule has 0 radical (unpaired) electrons. The summed E-state index contributed by atoms with van der Waals surface area (Å²) in [5, 5.41) is 6.45. The van der Waals surface area contributed by atoms with E-state index in [1.54, 1.807) is 30.5 Å². The van der Waals surface area contributed by atoms with Crippen LogP contribution in [0.4, 0.5) is 0 Å². The highest BCUT2D eigenvalue weighted by Gasteiger charge is 2.14. The van der Waals surface area contributed by atoms with Gasteiger partial charge in [0.1, 0.15) is 12.4 Å². The summed E-state index contributed by atoms with van der Waals surface area (Å²) in [6.45, 7) is 2.83. The van der Waals surface area contributed by atoms with E-state index in [4.69, 9.17) is 14.2 Å². The molecule has 7 heteroatoms. The third kappa shape index (κ3) is 5.92. The van der Waals surface area contributed by atoms with Crippen LogP contribution in [0.3, 0.4) is 0 Å². The van der Waals surface area contributed by atoms with Crippen LogP contribution in [0.25, 0.3) is 10.8 Å². The zero-order chi connectivity index (χ0) is 24.6. The van der Waals surface area contributed by atoms with E-state index >= 15 is 0 Å². The summed E-state index contributed by atoms with van der Waals surface area (Å²) in [5.74, 6) is 1.43. The van der Waals surface area contributed by atoms with Gasteiger partial charge in [-0.1, -0.05) is 54.6 Å². The van der Waals surface area contributed by atoms with Crippen LogP contribution >= 0.6 is 22.6 Å². The first-order chi connectivity index (χ1) is 17.1. The number of rotatable bonds is 9. The van der Waals surface area contributed by atoms with Gasteiger partial charge in [-0.05, 0) is 75.7 Å². The van der Waals surface area contributed by atoms with Gasteiger partial charge >= 0.3 is 0 Å². The minimum Gasteiger partial charge on any atom is -0.496 e. The maximum atomic E-state index is 12.5. The second kappa shape index (κ2) is 11.7. The lowest BCUT2D eigenvalue weighted by atomic mass is 10.1. The van der Waals surface area contributed by atoms with Gasteiger partial charge in [0, 0.05) is 0 Å². The lowest BCUT2D eigenvalue weighted by molar-refractivity contribution is 0.0952. The fraction of sp³-hybridized carbons (Fsp3) is 0.143. The molecule has 1 N–H and O–H groups in total. The second-order valence-corrected chi connectivity index (χ2v) is 8.75. The lowest BCUT2D eigenvalue weighted by Crippen LogP contribution is -2.18. The molecule has 4 aromatic carbocycles. The number of nitrogens with zero attached hydrogens (tertiary/aromatic N) is 1. The Labute approximate surface area is 218 Å². The largest absolute Gasteiger partial charge is 0.496 e. The maximum Gasteiger partial charge on any atom is 0.275 e. The number of halogens is 1. The molecule has 0 aliphatic carbocycles. The predicted molar refractivity (Wildman–Crippen MR) is 147 cm³/mol. The molecule has 4 aromatic rings. The highest BCUT2D eigenvalue weighted by molar-refractivity contribution is 14.1. The Balaban J connectivity index is 1.51. The van der Waals surface area contributed by atoms with E-state index in [2.05, 4.69) is 57.4 Å². The van der Waals surface area contributed by atoms with Gasteiger partial charge < -0.3 is 14.2 Å². The molecule has 1 amide bonds. The molecule has 0 atom stereocenters. The zero-order valence-electron chi connectivity index (χ0n) is 19.5. The Morgan fingerprint density at radius 2 is 1.74 bits per heavy atom. The third-order valence-electron chi connectivity index (χ3n) is 5.31. The van der Waals surface area contributed by atoms with Crippen LogP contribution in [0.5, 0.6) is 17.2 Å². The third-order valence-corrected chi connectivity index (χ3v) is 6.12. The van der Waals surface area contributed by atoms with E-state index in [0.717, 1.165) is 20.1 Å². The zero-order valence-corrected chi connectivity index (χ0v) is 21.6. The molecule has 4 rings (SSSR count). The van der Waals surface area contributed by atoms with Gasteiger partial charge in [-0.2, -0.15) is 5.10 Å². The fourth-order valence-corrected chi connectivity index (χ4v) is 4.47. The quantitative estimate of drug-likeness (QED) is 0.146. The van der Waals surface area contributed by atoms with Gasteiger partial charge in [-0.3, -0.25) is 4.79 Å². The lowest BCUT2D eigenvalue weighted by Gasteiger charge is -2.15. The van der Waals surface area contributed by atoms with Crippen molar-refractivity contribution in [3.63, 3.8) is 0 Å². The maximum absolute atomic E-state index is 12.5. The summed E-state index contributed by atoms with van der Waals surface area (Å²) in [6.07, 6.45) is 1.58. The first-order valence-electron chi connectivity index (χ1n) is 11.1. The van der Waals surface area contributed by atoms with Crippen molar-refractivity contribution in [2.24, 2.45) is 5.10 Å². The van der Waals surface area contributed by atoms with Gasteiger partial charge in [0.25, 0.3) is 5.91 Å². The Morgan fingerprint density at radius 3 is 2.57 bits per heavy atom. The van der Waals surface area contributed by atoms with Gasteiger partial charge in [0.15, 0.2) is 11.5 Å². The molecular formula is C28H25IN2O4. The van der Waals surface area contributed by atoms with E-state index in [9.17, 15) is 4.79 Å². The van der Waals surface area contributed by atoms with Crippen LogP contribution < -0.4 is 19.6 Å². The van der Waals surface area contributed by atoms with Crippen LogP contribution in [-0.4, -0.2) is 25.8 Å². The number of benzene rings is 4. The highest BCUT2D eigenvalue weighted by Crippen LogP contribution is 2.35. The number of hydrogen-bond donors (Lipinski definition) is 1. The average molecular weight is 580 g/mol. The van der Waals surface area contributed by atoms with Gasteiger partial charge in [0.05, 0.1) is 29.1 Å². The minimum atomic E-state index is -0.353. The summed E-state index contributed by atoms with van der Waals surface area (Å²) >= 11 is 2.23. The number of ether oxygens (including phenoxy) is 3. The number of amides is 1. The minimum absolute atomic E-state index is 0.353. The van der Waals surface area contributed by atoms with Crippen molar-refractivity contribution >= 4 is 45.5 Å². The number of methoxy groups -OCH3 is 1. The fourth-order valence-electron chi connectivity index (χ4n) is 3.69. The van der Waals surface area contributed by atoms with Crippen molar-refractivity contribution in [3.05, 3.63) is 99.1 Å². The van der Waals surface area contributed by atoms with Crippen molar-refractivity contribution in [2.45, 2.75) is 13.5 Å². The summed E-state index contributed by atoms with van der Waals surface area (Å²) in [5.41, 5.74) is 4.83. The van der Waals surface area contributed by atoms with Crippen molar-refractivity contribution in [2.75, 3.05) is 13.7 Å². The van der Waals surface area contributed by atoms with Crippen LogP contribution in [0.2, 0.25) is 0 Å². The molecule has 0 heterocycles. The monoisotopic (exact) mass is 580 g/mol. The molecule has 0 aromatic heterocycles. The van der Waals surface area contributed by atoms with E-state index in [-0.39, 0.29) is 5.91 Å². The number of para-hydroxylation sites is 1. The Bertz CT molecular complexity index is 1370. The number of hydrogen-bond acceptors (Lipinski definition) is 5. The summed E-state index contributed by atoms with van der Waals surface area (Å²) in [6, 6.07) is 25.2.